The molecule has 0 atom stereocenters. The van der Waals surface area contributed by atoms with Crippen LogP contribution in [0, 0.1) is 20.8 Å². The maximum absolute atomic E-state index is 5.27. The van der Waals surface area contributed by atoms with Gasteiger partial charge in [0.25, 0.3) is 0 Å². The van der Waals surface area contributed by atoms with E-state index < -0.39 is 0 Å². The topological polar surface area (TPSA) is 67.9 Å². The normalized spacial score (nSPS) is 16.6. The first-order valence-electron chi connectivity index (χ1n) is 6.99. The summed E-state index contributed by atoms with van der Waals surface area (Å²) >= 11 is 0. The van der Waals surface area contributed by atoms with Gasteiger partial charge in [-0.25, -0.2) is 9.97 Å². The Bertz CT molecular complexity index is 581. The predicted molar refractivity (Wildman–Crippen MR) is 74.7 cm³/mol. The molecule has 0 aromatic carbocycles. The fourth-order valence-corrected chi connectivity index (χ4v) is 2.65. The van der Waals surface area contributed by atoms with Gasteiger partial charge >= 0.3 is 0 Å². The molecule has 106 valence electrons. The number of anilines is 1. The molecule has 2 aromatic heterocycles. The van der Waals surface area contributed by atoms with E-state index in [2.05, 4.69) is 25.0 Å². The molecule has 1 aliphatic heterocycles. The van der Waals surface area contributed by atoms with Gasteiger partial charge in [0.2, 0.25) is 11.8 Å². The van der Waals surface area contributed by atoms with E-state index in [1.165, 1.54) is 0 Å². The number of aryl methyl sites for hydroxylation is 3. The number of piperidine rings is 1. The lowest BCUT2D eigenvalue weighted by Crippen LogP contribution is -2.34. The molecule has 0 spiro atoms. The highest BCUT2D eigenvalue weighted by molar-refractivity contribution is 5.33. The van der Waals surface area contributed by atoms with Crippen LogP contribution in [0.15, 0.2) is 10.6 Å². The monoisotopic (exact) mass is 273 g/mol. The van der Waals surface area contributed by atoms with Crippen molar-refractivity contribution in [2.24, 2.45) is 0 Å². The molecular formula is C14H19N5O. The molecule has 0 unspecified atom stereocenters. The molecule has 3 heterocycles. The highest BCUT2D eigenvalue weighted by atomic mass is 16.5. The lowest BCUT2D eigenvalue weighted by atomic mass is 9.97. The molecule has 6 heteroatoms. The summed E-state index contributed by atoms with van der Waals surface area (Å²) in [6, 6.07) is 2.00. The van der Waals surface area contributed by atoms with Gasteiger partial charge in [-0.3, -0.25) is 0 Å². The van der Waals surface area contributed by atoms with Crippen molar-refractivity contribution in [2.45, 2.75) is 39.5 Å². The van der Waals surface area contributed by atoms with Crippen molar-refractivity contribution < 1.29 is 4.52 Å². The summed E-state index contributed by atoms with van der Waals surface area (Å²) in [6.45, 7) is 7.72. The van der Waals surface area contributed by atoms with Crippen LogP contribution in [0.2, 0.25) is 0 Å². The maximum atomic E-state index is 5.27. The molecule has 0 amide bonds. The number of rotatable bonds is 2. The average molecular weight is 273 g/mol. The van der Waals surface area contributed by atoms with E-state index in [4.69, 9.17) is 4.52 Å². The maximum Gasteiger partial charge on any atom is 0.229 e. The summed E-state index contributed by atoms with van der Waals surface area (Å²) in [5.41, 5.74) is 2.03. The van der Waals surface area contributed by atoms with Gasteiger partial charge in [-0.05, 0) is 39.7 Å². The third kappa shape index (κ3) is 2.64. The number of nitrogens with zero attached hydrogens (tertiary/aromatic N) is 5. The van der Waals surface area contributed by atoms with Crippen LogP contribution in [0.4, 0.5) is 5.95 Å². The highest BCUT2D eigenvalue weighted by Crippen LogP contribution is 2.28. The van der Waals surface area contributed by atoms with Crippen LogP contribution in [-0.2, 0) is 0 Å². The number of aromatic nitrogens is 4. The average Bonchev–Trinajstić information content (AvgIpc) is 2.84. The van der Waals surface area contributed by atoms with Crippen LogP contribution < -0.4 is 4.90 Å². The quantitative estimate of drug-likeness (QED) is 0.835. The molecule has 6 nitrogen and oxygen atoms in total. The van der Waals surface area contributed by atoms with Crippen LogP contribution >= 0.6 is 0 Å². The van der Waals surface area contributed by atoms with Crippen LogP contribution in [0.1, 0.15) is 41.9 Å². The lowest BCUT2D eigenvalue weighted by molar-refractivity contribution is 0.327. The van der Waals surface area contributed by atoms with E-state index in [0.29, 0.717) is 11.7 Å². The zero-order chi connectivity index (χ0) is 14.1. The molecule has 0 saturated carbocycles. The van der Waals surface area contributed by atoms with Crippen molar-refractivity contribution in [3.63, 3.8) is 0 Å². The van der Waals surface area contributed by atoms with Gasteiger partial charge in [-0.15, -0.1) is 0 Å². The second-order valence-corrected chi connectivity index (χ2v) is 5.39. The van der Waals surface area contributed by atoms with E-state index in [1.54, 1.807) is 0 Å². The summed E-state index contributed by atoms with van der Waals surface area (Å²) in [4.78, 5) is 15.6. The second kappa shape index (κ2) is 5.19. The lowest BCUT2D eigenvalue weighted by Gasteiger charge is -2.30. The molecule has 1 aliphatic rings. The number of hydrogen-bond donors (Lipinski definition) is 0. The highest BCUT2D eigenvalue weighted by Gasteiger charge is 2.26. The third-order valence-electron chi connectivity index (χ3n) is 3.64. The molecule has 0 radical (unpaired) electrons. The van der Waals surface area contributed by atoms with Gasteiger partial charge in [-0.1, -0.05) is 5.16 Å². The van der Waals surface area contributed by atoms with Crippen LogP contribution in [0.5, 0.6) is 0 Å². The Hall–Kier alpha value is -1.98. The van der Waals surface area contributed by atoms with Crippen molar-refractivity contribution in [1.29, 1.82) is 0 Å². The minimum Gasteiger partial charge on any atom is -0.341 e. The van der Waals surface area contributed by atoms with Crippen molar-refractivity contribution in [2.75, 3.05) is 18.0 Å². The molecular weight excluding hydrogens is 254 g/mol. The van der Waals surface area contributed by atoms with E-state index in [1.807, 2.05) is 26.8 Å². The SMILES string of the molecule is Cc1cc(C)nc(N2CCC(c3nc(C)no3)CC2)n1. The summed E-state index contributed by atoms with van der Waals surface area (Å²) in [7, 11) is 0. The summed E-state index contributed by atoms with van der Waals surface area (Å²) in [5.74, 6) is 2.67. The first-order chi connectivity index (χ1) is 9.61. The molecule has 20 heavy (non-hydrogen) atoms. The van der Waals surface area contributed by atoms with Gasteiger partial charge in [0.05, 0.1) is 0 Å². The third-order valence-corrected chi connectivity index (χ3v) is 3.64. The summed E-state index contributed by atoms with van der Waals surface area (Å²) in [5, 5.41) is 3.87. The molecule has 1 fully saturated rings. The smallest absolute Gasteiger partial charge is 0.229 e. The Morgan fingerprint density at radius 1 is 1.05 bits per heavy atom. The van der Waals surface area contributed by atoms with Gasteiger partial charge in [0, 0.05) is 30.4 Å². The minimum atomic E-state index is 0.360. The van der Waals surface area contributed by atoms with Crippen molar-refractivity contribution >= 4 is 5.95 Å². The molecule has 2 aromatic rings. The summed E-state index contributed by atoms with van der Waals surface area (Å²) in [6.07, 6.45) is 2.00. The van der Waals surface area contributed by atoms with Crippen molar-refractivity contribution in [3.05, 3.63) is 29.2 Å². The zero-order valence-electron chi connectivity index (χ0n) is 12.1. The van der Waals surface area contributed by atoms with Gasteiger partial charge in [-0.2, -0.15) is 4.98 Å². The van der Waals surface area contributed by atoms with Crippen molar-refractivity contribution in [3.8, 4) is 0 Å². The fourth-order valence-electron chi connectivity index (χ4n) is 2.65. The second-order valence-electron chi connectivity index (χ2n) is 5.39. The Kier molecular flexibility index (Phi) is 3.38. The first kappa shape index (κ1) is 13.0. The first-order valence-corrected chi connectivity index (χ1v) is 6.99. The molecule has 0 bridgehead atoms. The molecule has 1 saturated heterocycles. The Morgan fingerprint density at radius 2 is 1.70 bits per heavy atom. The zero-order valence-corrected chi connectivity index (χ0v) is 12.1. The largest absolute Gasteiger partial charge is 0.341 e. The predicted octanol–water partition coefficient (Wildman–Crippen LogP) is 2.17. The van der Waals surface area contributed by atoms with Crippen LogP contribution in [0.25, 0.3) is 0 Å². The van der Waals surface area contributed by atoms with E-state index in [9.17, 15) is 0 Å². The van der Waals surface area contributed by atoms with E-state index in [-0.39, 0.29) is 0 Å². The Labute approximate surface area is 118 Å². The minimum absolute atomic E-state index is 0.360. The Balaban J connectivity index is 1.69. The number of hydrogen-bond acceptors (Lipinski definition) is 6. The van der Waals surface area contributed by atoms with Crippen LogP contribution in [-0.4, -0.2) is 33.2 Å². The summed E-state index contributed by atoms with van der Waals surface area (Å²) < 4.78 is 5.27. The molecule has 0 N–H and O–H groups in total. The Morgan fingerprint density at radius 3 is 2.25 bits per heavy atom. The standard InChI is InChI=1S/C14H19N5O/c1-9-8-10(2)16-14(15-9)19-6-4-12(5-7-19)13-17-11(3)18-20-13/h8,12H,4-7H2,1-3H3. The van der Waals surface area contributed by atoms with Gasteiger partial charge in [0.15, 0.2) is 5.82 Å². The van der Waals surface area contributed by atoms with E-state index in [0.717, 1.165) is 49.2 Å². The van der Waals surface area contributed by atoms with Crippen molar-refractivity contribution in [1.82, 2.24) is 20.1 Å². The molecule has 0 aliphatic carbocycles. The fraction of sp³-hybridized carbons (Fsp3) is 0.571. The van der Waals surface area contributed by atoms with Crippen LogP contribution in [0.3, 0.4) is 0 Å². The van der Waals surface area contributed by atoms with Gasteiger partial charge < -0.3 is 9.42 Å². The van der Waals surface area contributed by atoms with Gasteiger partial charge in [0.1, 0.15) is 0 Å². The molecule has 3 rings (SSSR count). The van der Waals surface area contributed by atoms with E-state index >= 15 is 0 Å².